The Labute approximate surface area is 66.5 Å². The van der Waals surface area contributed by atoms with E-state index in [4.69, 9.17) is 11.5 Å². The van der Waals surface area contributed by atoms with Crippen molar-refractivity contribution in [2.75, 3.05) is 11.5 Å². The highest BCUT2D eigenvalue weighted by atomic mass is 16.3. The number of nitrogens with one attached hydrogen (secondary N) is 1. The van der Waals surface area contributed by atoms with Crippen LogP contribution < -0.4 is 16.6 Å². The summed E-state index contributed by atoms with van der Waals surface area (Å²) < 4.78 is 0. The van der Waals surface area contributed by atoms with Crippen molar-refractivity contribution >= 4 is 23.1 Å². The van der Waals surface area contributed by atoms with E-state index in [0.29, 0.717) is 0 Å². The Kier molecular flexibility index (Phi) is 1.09. The molecule has 0 aromatic carbocycles. The van der Waals surface area contributed by atoms with E-state index < -0.39 is 5.88 Å². The molecule has 7 nitrogen and oxygen atoms in total. The van der Waals surface area contributed by atoms with Crippen LogP contribution in [0.4, 0.5) is 11.9 Å². The third kappa shape index (κ3) is 0.797. The number of aromatic nitrogens is 4. The Bertz CT molecular complexity index is 435. The minimum absolute atomic E-state index is 0.0981. The van der Waals surface area contributed by atoms with E-state index in [0.717, 1.165) is 0 Å². The number of aromatic amines is 1. The van der Waals surface area contributed by atoms with Gasteiger partial charge in [0.25, 0.3) is 0 Å². The average Bonchev–Trinajstić information content (AvgIpc) is 2.29. The Morgan fingerprint density at radius 3 is 2.67 bits per heavy atom. The predicted molar refractivity (Wildman–Crippen MR) is 40.0 cm³/mol. The summed E-state index contributed by atoms with van der Waals surface area (Å²) in [5.74, 6) is -0.470. The van der Waals surface area contributed by atoms with Gasteiger partial charge >= 0.3 is 0 Å². The predicted octanol–water partition coefficient (Wildman–Crippen LogP) is -1.41. The monoisotopic (exact) mass is 165 g/mol. The number of imidazole rings is 1. The molecule has 0 fully saturated rings. The van der Waals surface area contributed by atoms with Crippen molar-refractivity contribution in [2.24, 2.45) is 0 Å². The molecule has 0 aliphatic carbocycles. The fraction of sp³-hybridized carbons (Fsp3) is 0. The van der Waals surface area contributed by atoms with Crippen molar-refractivity contribution in [1.82, 2.24) is 19.9 Å². The standard InChI is InChI=1S/C5H6N6O/c6-4-8-1-2(9-4)10-5(7)11-3(1)12/h(H6,6,7,8,9,10,11,12)/p-1. The summed E-state index contributed by atoms with van der Waals surface area (Å²) in [5, 5.41) is 11.1. The molecule has 0 atom stereocenters. The van der Waals surface area contributed by atoms with Gasteiger partial charge < -0.3 is 21.6 Å². The molecule has 2 aromatic heterocycles. The minimum atomic E-state index is -0.498. The van der Waals surface area contributed by atoms with Crippen molar-refractivity contribution in [3.8, 4) is 5.88 Å². The van der Waals surface area contributed by atoms with Crippen LogP contribution in [0.2, 0.25) is 0 Å². The molecular formula is C5H5N6O-. The van der Waals surface area contributed by atoms with Gasteiger partial charge in [-0.25, -0.2) is 4.98 Å². The first-order valence-electron chi connectivity index (χ1n) is 3.12. The van der Waals surface area contributed by atoms with E-state index in [-0.39, 0.29) is 23.1 Å². The molecule has 62 valence electrons. The molecule has 0 unspecified atom stereocenters. The largest absolute Gasteiger partial charge is 0.857 e. The average molecular weight is 165 g/mol. The zero-order valence-corrected chi connectivity index (χ0v) is 5.90. The summed E-state index contributed by atoms with van der Waals surface area (Å²) in [5.41, 5.74) is 10.9. The lowest BCUT2D eigenvalue weighted by Gasteiger charge is -2.03. The van der Waals surface area contributed by atoms with Gasteiger partial charge in [-0.3, -0.25) is 0 Å². The van der Waals surface area contributed by atoms with Crippen LogP contribution >= 0.6 is 0 Å². The Morgan fingerprint density at radius 1 is 1.17 bits per heavy atom. The molecular weight excluding hydrogens is 160 g/mol. The number of hydrogen-bond acceptors (Lipinski definition) is 6. The van der Waals surface area contributed by atoms with Gasteiger partial charge in [-0.15, -0.1) is 0 Å². The van der Waals surface area contributed by atoms with Crippen LogP contribution in [0.3, 0.4) is 0 Å². The van der Waals surface area contributed by atoms with Crippen molar-refractivity contribution in [2.45, 2.75) is 0 Å². The van der Waals surface area contributed by atoms with Gasteiger partial charge in [0.15, 0.2) is 11.6 Å². The molecule has 0 saturated heterocycles. The number of nitrogens with two attached hydrogens (primary N) is 2. The Hall–Kier alpha value is -2.05. The lowest BCUT2D eigenvalue weighted by Crippen LogP contribution is -2.01. The maximum absolute atomic E-state index is 11.1. The second-order valence-corrected chi connectivity index (χ2v) is 2.21. The van der Waals surface area contributed by atoms with Gasteiger partial charge in [-0.05, 0) is 0 Å². The highest BCUT2D eigenvalue weighted by Crippen LogP contribution is 2.17. The van der Waals surface area contributed by atoms with E-state index in [2.05, 4.69) is 19.9 Å². The van der Waals surface area contributed by atoms with Crippen LogP contribution in [-0.2, 0) is 0 Å². The number of anilines is 2. The van der Waals surface area contributed by atoms with Gasteiger partial charge in [0.2, 0.25) is 5.95 Å². The van der Waals surface area contributed by atoms with Crippen LogP contribution in [0.25, 0.3) is 11.2 Å². The Morgan fingerprint density at radius 2 is 1.92 bits per heavy atom. The van der Waals surface area contributed by atoms with Crippen LogP contribution in [-0.4, -0.2) is 19.9 Å². The molecule has 2 heterocycles. The number of fused-ring (bicyclic) bond motifs is 1. The molecule has 0 bridgehead atoms. The van der Waals surface area contributed by atoms with Crippen molar-refractivity contribution < 1.29 is 5.11 Å². The third-order valence-electron chi connectivity index (χ3n) is 1.35. The topological polar surface area (TPSA) is 130 Å². The quantitative estimate of drug-likeness (QED) is 0.439. The van der Waals surface area contributed by atoms with Gasteiger partial charge in [0, 0.05) is 5.88 Å². The third-order valence-corrected chi connectivity index (χ3v) is 1.35. The molecule has 0 saturated carbocycles. The number of hydrogen-bond donors (Lipinski definition) is 3. The summed E-state index contributed by atoms with van der Waals surface area (Å²) >= 11 is 0. The maximum Gasteiger partial charge on any atom is 0.221 e. The highest BCUT2D eigenvalue weighted by Gasteiger charge is 2.03. The van der Waals surface area contributed by atoms with Crippen LogP contribution in [0.1, 0.15) is 0 Å². The second-order valence-electron chi connectivity index (χ2n) is 2.21. The normalized spacial score (nSPS) is 10.7. The number of rotatable bonds is 0. The zero-order valence-electron chi connectivity index (χ0n) is 5.90. The molecule has 12 heavy (non-hydrogen) atoms. The highest BCUT2D eigenvalue weighted by molar-refractivity contribution is 5.78. The van der Waals surface area contributed by atoms with Crippen molar-refractivity contribution in [3.63, 3.8) is 0 Å². The number of nitrogens with zero attached hydrogens (tertiary/aromatic N) is 3. The minimum Gasteiger partial charge on any atom is -0.857 e. The molecule has 2 rings (SSSR count). The molecule has 0 spiro atoms. The second kappa shape index (κ2) is 1.97. The molecule has 0 radical (unpaired) electrons. The summed E-state index contributed by atoms with van der Waals surface area (Å²) in [7, 11) is 0. The van der Waals surface area contributed by atoms with E-state index in [1.165, 1.54) is 0 Å². The van der Waals surface area contributed by atoms with Gasteiger partial charge in [-0.2, -0.15) is 9.97 Å². The van der Waals surface area contributed by atoms with Gasteiger partial charge in [0.1, 0.15) is 0 Å². The molecule has 7 heteroatoms. The lowest BCUT2D eigenvalue weighted by atomic mass is 10.5. The Balaban J connectivity index is 2.88. The number of H-pyrrole nitrogens is 1. The first-order valence-corrected chi connectivity index (χ1v) is 3.12. The maximum atomic E-state index is 11.1. The smallest absolute Gasteiger partial charge is 0.221 e. The van der Waals surface area contributed by atoms with E-state index in [1.54, 1.807) is 0 Å². The summed E-state index contributed by atoms with van der Waals surface area (Å²) in [4.78, 5) is 13.4. The van der Waals surface area contributed by atoms with Crippen LogP contribution in [0, 0.1) is 0 Å². The first-order chi connectivity index (χ1) is 5.66. The zero-order chi connectivity index (χ0) is 8.72. The fourth-order valence-electron chi connectivity index (χ4n) is 0.905. The number of nitrogen functional groups attached to an aromatic ring is 2. The van der Waals surface area contributed by atoms with Gasteiger partial charge in [0.05, 0.1) is 5.52 Å². The van der Waals surface area contributed by atoms with Crippen molar-refractivity contribution in [3.05, 3.63) is 0 Å². The first kappa shape index (κ1) is 6.65. The summed E-state index contributed by atoms with van der Waals surface area (Å²) in [6, 6.07) is 0. The SMILES string of the molecule is Nc1nc([O-])c2[nH]c(N)nc2n1. The van der Waals surface area contributed by atoms with Gasteiger partial charge in [-0.1, -0.05) is 0 Å². The van der Waals surface area contributed by atoms with E-state index >= 15 is 0 Å². The van der Waals surface area contributed by atoms with E-state index in [1.807, 2.05) is 0 Å². The molecule has 2 aromatic rings. The molecule has 0 aliphatic rings. The fourth-order valence-corrected chi connectivity index (χ4v) is 0.905. The van der Waals surface area contributed by atoms with Crippen LogP contribution in [0.5, 0.6) is 5.88 Å². The molecule has 5 N–H and O–H groups in total. The molecule has 0 amide bonds. The lowest BCUT2D eigenvalue weighted by molar-refractivity contribution is -0.272. The molecule has 0 aliphatic heterocycles. The van der Waals surface area contributed by atoms with E-state index in [9.17, 15) is 5.11 Å². The summed E-state index contributed by atoms with van der Waals surface area (Å²) in [6.07, 6.45) is 0. The van der Waals surface area contributed by atoms with Crippen molar-refractivity contribution in [1.29, 1.82) is 0 Å². The summed E-state index contributed by atoms with van der Waals surface area (Å²) in [6.45, 7) is 0. The van der Waals surface area contributed by atoms with Crippen LogP contribution in [0.15, 0.2) is 0 Å².